The molecule has 1 saturated heterocycles. The standard InChI is InChI=1S/C13H21N3O4/c1-10(2)13(19)20-9-5-14-4-6-16-8-7-15(3)11(17)12(16)18/h14H,1,4-9H2,2-3H3. The van der Waals surface area contributed by atoms with Gasteiger partial charge in [0.15, 0.2) is 0 Å². The monoisotopic (exact) mass is 283 g/mol. The zero-order chi connectivity index (χ0) is 15.1. The second-order valence-corrected chi connectivity index (χ2v) is 4.69. The predicted octanol–water partition coefficient (Wildman–Crippen LogP) is -1.00. The lowest BCUT2D eigenvalue weighted by molar-refractivity contribution is -0.154. The number of piperazine rings is 1. The first-order valence-corrected chi connectivity index (χ1v) is 6.51. The quantitative estimate of drug-likeness (QED) is 0.280. The van der Waals surface area contributed by atoms with Crippen molar-refractivity contribution in [3.63, 3.8) is 0 Å². The summed E-state index contributed by atoms with van der Waals surface area (Å²) in [4.78, 5) is 37.1. The molecule has 2 amide bonds. The molecule has 7 nitrogen and oxygen atoms in total. The third-order valence-electron chi connectivity index (χ3n) is 2.94. The van der Waals surface area contributed by atoms with Gasteiger partial charge in [0.1, 0.15) is 6.61 Å². The van der Waals surface area contributed by atoms with Crippen LogP contribution in [0.3, 0.4) is 0 Å². The van der Waals surface area contributed by atoms with Gasteiger partial charge in [-0.2, -0.15) is 0 Å². The van der Waals surface area contributed by atoms with Gasteiger partial charge in [-0.1, -0.05) is 6.58 Å². The molecule has 0 bridgehead atoms. The van der Waals surface area contributed by atoms with Gasteiger partial charge in [0.2, 0.25) is 0 Å². The molecule has 0 radical (unpaired) electrons. The first-order chi connectivity index (χ1) is 9.43. The number of likely N-dealkylation sites (N-methyl/N-ethyl adjacent to an activating group) is 1. The molecule has 1 fully saturated rings. The average molecular weight is 283 g/mol. The SMILES string of the molecule is C=C(C)C(=O)OCCNCCN1CCN(C)C(=O)C1=O. The highest BCUT2D eigenvalue weighted by molar-refractivity contribution is 6.35. The Kier molecular flexibility index (Phi) is 6.17. The molecule has 1 rings (SSSR count). The Hall–Kier alpha value is -1.89. The number of rotatable bonds is 7. The van der Waals surface area contributed by atoms with Crippen molar-refractivity contribution in [2.75, 3.05) is 46.4 Å². The third kappa shape index (κ3) is 4.65. The lowest BCUT2D eigenvalue weighted by Gasteiger charge is -2.31. The highest BCUT2D eigenvalue weighted by Gasteiger charge is 2.29. The minimum atomic E-state index is -0.466. The maximum absolute atomic E-state index is 11.6. The van der Waals surface area contributed by atoms with Crippen LogP contribution < -0.4 is 5.32 Å². The predicted molar refractivity (Wildman–Crippen MR) is 72.9 cm³/mol. The van der Waals surface area contributed by atoms with Gasteiger partial charge in [0, 0.05) is 45.3 Å². The second-order valence-electron chi connectivity index (χ2n) is 4.69. The summed E-state index contributed by atoms with van der Waals surface area (Å²) in [7, 11) is 1.62. The van der Waals surface area contributed by atoms with Crippen molar-refractivity contribution in [2.24, 2.45) is 0 Å². The number of nitrogens with one attached hydrogen (secondary N) is 1. The first-order valence-electron chi connectivity index (χ1n) is 6.51. The number of carbonyl (C=O) groups is 3. The molecule has 1 aliphatic heterocycles. The van der Waals surface area contributed by atoms with Crippen molar-refractivity contribution in [3.8, 4) is 0 Å². The fourth-order valence-corrected chi connectivity index (χ4v) is 1.66. The summed E-state index contributed by atoms with van der Waals surface area (Å²) in [6, 6.07) is 0. The smallest absolute Gasteiger partial charge is 0.333 e. The number of ether oxygens (including phenoxy) is 1. The molecule has 0 unspecified atom stereocenters. The summed E-state index contributed by atoms with van der Waals surface area (Å²) in [5, 5.41) is 3.05. The topological polar surface area (TPSA) is 79.0 Å². The van der Waals surface area contributed by atoms with Gasteiger partial charge >= 0.3 is 17.8 Å². The number of amides is 2. The Morgan fingerprint density at radius 3 is 2.65 bits per heavy atom. The van der Waals surface area contributed by atoms with Crippen molar-refractivity contribution >= 4 is 17.8 Å². The highest BCUT2D eigenvalue weighted by Crippen LogP contribution is 2.01. The lowest BCUT2D eigenvalue weighted by Crippen LogP contribution is -2.54. The molecule has 0 saturated carbocycles. The van der Waals surface area contributed by atoms with Crippen LogP contribution >= 0.6 is 0 Å². The van der Waals surface area contributed by atoms with Crippen molar-refractivity contribution in [2.45, 2.75) is 6.92 Å². The van der Waals surface area contributed by atoms with Gasteiger partial charge in [-0.15, -0.1) is 0 Å². The second kappa shape index (κ2) is 7.64. The number of nitrogens with zero attached hydrogens (tertiary/aromatic N) is 2. The van der Waals surface area contributed by atoms with Crippen molar-refractivity contribution in [1.82, 2.24) is 15.1 Å². The van der Waals surface area contributed by atoms with E-state index in [1.807, 2.05) is 0 Å². The molecule has 0 aliphatic carbocycles. The van der Waals surface area contributed by atoms with Gasteiger partial charge in [-0.25, -0.2) is 4.79 Å². The number of hydrogen-bond acceptors (Lipinski definition) is 5. The minimum Gasteiger partial charge on any atom is -0.461 e. The van der Waals surface area contributed by atoms with E-state index in [0.29, 0.717) is 38.3 Å². The van der Waals surface area contributed by atoms with Gasteiger partial charge in [-0.05, 0) is 6.92 Å². The molecule has 20 heavy (non-hydrogen) atoms. The molecule has 0 aromatic rings. The zero-order valence-corrected chi connectivity index (χ0v) is 12.0. The summed E-state index contributed by atoms with van der Waals surface area (Å²) < 4.78 is 4.91. The van der Waals surface area contributed by atoms with Crippen LogP contribution in [0.1, 0.15) is 6.92 Å². The minimum absolute atomic E-state index is 0.251. The van der Waals surface area contributed by atoms with E-state index in [2.05, 4.69) is 11.9 Å². The molecule has 0 aromatic heterocycles. The zero-order valence-electron chi connectivity index (χ0n) is 12.0. The van der Waals surface area contributed by atoms with Crippen molar-refractivity contribution in [1.29, 1.82) is 0 Å². The van der Waals surface area contributed by atoms with Gasteiger partial charge in [0.05, 0.1) is 0 Å². The first kappa shape index (κ1) is 16.2. The third-order valence-corrected chi connectivity index (χ3v) is 2.94. The Morgan fingerprint density at radius 2 is 2.00 bits per heavy atom. The van der Waals surface area contributed by atoms with E-state index >= 15 is 0 Å². The van der Waals surface area contributed by atoms with Gasteiger partial charge < -0.3 is 19.9 Å². The molecule has 0 atom stereocenters. The van der Waals surface area contributed by atoms with E-state index in [-0.39, 0.29) is 6.61 Å². The van der Waals surface area contributed by atoms with E-state index in [1.54, 1.807) is 14.0 Å². The fourth-order valence-electron chi connectivity index (χ4n) is 1.66. The number of esters is 1. The van der Waals surface area contributed by atoms with Gasteiger partial charge in [-0.3, -0.25) is 9.59 Å². The van der Waals surface area contributed by atoms with E-state index < -0.39 is 17.8 Å². The average Bonchev–Trinajstić information content (AvgIpc) is 2.41. The van der Waals surface area contributed by atoms with E-state index in [4.69, 9.17) is 4.74 Å². The Morgan fingerprint density at radius 1 is 1.30 bits per heavy atom. The Balaban J connectivity index is 2.13. The molecule has 112 valence electrons. The molecule has 1 aliphatic rings. The van der Waals surface area contributed by atoms with Crippen LogP contribution in [0.4, 0.5) is 0 Å². The summed E-state index contributed by atoms with van der Waals surface area (Å²) in [6.45, 7) is 7.93. The molecule has 0 spiro atoms. The molecule has 0 aromatic carbocycles. The molecule has 7 heteroatoms. The van der Waals surface area contributed by atoms with Gasteiger partial charge in [0.25, 0.3) is 0 Å². The summed E-state index contributed by atoms with van der Waals surface area (Å²) in [5.74, 6) is -1.34. The van der Waals surface area contributed by atoms with E-state index in [1.165, 1.54) is 9.80 Å². The van der Waals surface area contributed by atoms with Crippen LogP contribution in [-0.2, 0) is 19.1 Å². The van der Waals surface area contributed by atoms with E-state index in [9.17, 15) is 14.4 Å². The molecular weight excluding hydrogens is 262 g/mol. The maximum Gasteiger partial charge on any atom is 0.333 e. The summed E-state index contributed by atoms with van der Waals surface area (Å²) in [5.41, 5.74) is 0.367. The van der Waals surface area contributed by atoms with Crippen molar-refractivity contribution < 1.29 is 19.1 Å². The highest BCUT2D eigenvalue weighted by atomic mass is 16.5. The van der Waals surface area contributed by atoms with Crippen molar-refractivity contribution in [3.05, 3.63) is 12.2 Å². The lowest BCUT2D eigenvalue weighted by atomic mass is 10.3. The maximum atomic E-state index is 11.6. The fraction of sp³-hybridized carbons (Fsp3) is 0.615. The van der Waals surface area contributed by atoms with E-state index in [0.717, 1.165) is 0 Å². The van der Waals surface area contributed by atoms with Crippen LogP contribution in [-0.4, -0.2) is 74.0 Å². The Bertz CT molecular complexity index is 408. The normalized spacial score (nSPS) is 15.5. The largest absolute Gasteiger partial charge is 0.461 e. The van der Waals surface area contributed by atoms with Crippen LogP contribution in [0, 0.1) is 0 Å². The summed E-state index contributed by atoms with van der Waals surface area (Å²) >= 11 is 0. The van der Waals surface area contributed by atoms with Crippen LogP contribution in [0.25, 0.3) is 0 Å². The van der Waals surface area contributed by atoms with Crippen LogP contribution in [0.5, 0.6) is 0 Å². The van der Waals surface area contributed by atoms with Crippen LogP contribution in [0.2, 0.25) is 0 Å². The Labute approximate surface area is 118 Å². The number of carbonyl (C=O) groups excluding carboxylic acids is 3. The molecule has 1 N–H and O–H groups in total. The number of hydrogen-bond donors (Lipinski definition) is 1. The molecular formula is C13H21N3O4. The molecule has 1 heterocycles. The summed E-state index contributed by atoms with van der Waals surface area (Å²) in [6.07, 6.45) is 0. The van der Waals surface area contributed by atoms with Crippen LogP contribution in [0.15, 0.2) is 12.2 Å².